The van der Waals surface area contributed by atoms with E-state index in [1.807, 2.05) is 0 Å². The van der Waals surface area contributed by atoms with Crippen molar-refractivity contribution in [3.63, 3.8) is 0 Å². The molecule has 4 heterocycles. The van der Waals surface area contributed by atoms with Gasteiger partial charge in [-0.1, -0.05) is 43.5 Å². The Morgan fingerprint density at radius 2 is 1.61 bits per heavy atom. The standard InChI is InChI=1S/C31H44N6O/c1-35-15-13-25(14-16-35)37-19-26-28(29(37)24-11-7-22(8-12-24)21-5-3-2-4-6-21)30(32)34-31(33-26)36-17-18-38-27(20-36)23-9-10-23/h7-8,11-12,21,23,25,27,29H,2-6,9-10,13-20H2,1H3,(H2,32,33,34). The summed E-state index contributed by atoms with van der Waals surface area (Å²) in [6.07, 6.45) is 12.1. The predicted molar refractivity (Wildman–Crippen MR) is 151 cm³/mol. The molecular weight excluding hydrogens is 472 g/mol. The van der Waals surface area contributed by atoms with E-state index in [1.165, 1.54) is 68.9 Å². The van der Waals surface area contributed by atoms with E-state index in [9.17, 15) is 0 Å². The number of rotatable bonds is 5. The molecule has 2 saturated heterocycles. The Labute approximate surface area is 227 Å². The fourth-order valence-corrected chi connectivity index (χ4v) is 7.53. The van der Waals surface area contributed by atoms with Crippen LogP contribution in [0.3, 0.4) is 0 Å². The van der Waals surface area contributed by atoms with Crippen molar-refractivity contribution in [1.29, 1.82) is 0 Å². The minimum atomic E-state index is 0.136. The van der Waals surface area contributed by atoms with Gasteiger partial charge in [0.2, 0.25) is 5.95 Å². The van der Waals surface area contributed by atoms with Crippen molar-refractivity contribution in [2.75, 3.05) is 50.5 Å². The largest absolute Gasteiger partial charge is 0.383 e. The highest BCUT2D eigenvalue weighted by Crippen LogP contribution is 2.45. The van der Waals surface area contributed by atoms with E-state index in [1.54, 1.807) is 0 Å². The SMILES string of the molecule is CN1CCC(N2Cc3nc(N4CCOC(C5CC5)C4)nc(N)c3C2c2ccc(C3CCCCC3)cc2)CC1. The maximum absolute atomic E-state index is 6.83. The summed E-state index contributed by atoms with van der Waals surface area (Å²) in [5, 5.41) is 0. The van der Waals surface area contributed by atoms with Crippen molar-refractivity contribution in [2.24, 2.45) is 5.92 Å². The third-order valence-electron chi connectivity index (χ3n) is 9.99. The summed E-state index contributed by atoms with van der Waals surface area (Å²) in [7, 11) is 2.24. The first-order valence-electron chi connectivity index (χ1n) is 15.2. The number of fused-ring (bicyclic) bond motifs is 1. The Balaban J connectivity index is 1.20. The fourth-order valence-electron chi connectivity index (χ4n) is 7.53. The molecule has 2 atom stereocenters. The van der Waals surface area contributed by atoms with Crippen molar-refractivity contribution in [3.05, 3.63) is 46.6 Å². The summed E-state index contributed by atoms with van der Waals surface area (Å²) >= 11 is 0. The van der Waals surface area contributed by atoms with Gasteiger partial charge in [-0.25, -0.2) is 4.98 Å². The van der Waals surface area contributed by atoms with E-state index in [0.717, 1.165) is 62.5 Å². The van der Waals surface area contributed by atoms with Gasteiger partial charge < -0.3 is 20.3 Å². The molecule has 0 spiro atoms. The van der Waals surface area contributed by atoms with Gasteiger partial charge in [0, 0.05) is 31.2 Å². The van der Waals surface area contributed by atoms with Gasteiger partial charge in [-0.2, -0.15) is 4.98 Å². The van der Waals surface area contributed by atoms with Crippen LogP contribution in [0.15, 0.2) is 24.3 Å². The molecule has 204 valence electrons. The van der Waals surface area contributed by atoms with E-state index in [2.05, 4.69) is 46.0 Å². The van der Waals surface area contributed by atoms with Crippen LogP contribution in [-0.2, 0) is 11.3 Å². The Bertz CT molecular complexity index is 1120. The Hall–Kier alpha value is -2.22. The Morgan fingerprint density at radius 1 is 0.868 bits per heavy atom. The number of benzene rings is 1. The highest BCUT2D eigenvalue weighted by molar-refractivity contribution is 5.55. The highest BCUT2D eigenvalue weighted by atomic mass is 16.5. The molecular formula is C31H44N6O. The zero-order valence-corrected chi connectivity index (χ0v) is 23.0. The van der Waals surface area contributed by atoms with Crippen molar-refractivity contribution < 1.29 is 4.74 Å². The Kier molecular flexibility index (Phi) is 6.78. The molecule has 2 aliphatic carbocycles. The topological polar surface area (TPSA) is 70.8 Å². The van der Waals surface area contributed by atoms with Crippen molar-refractivity contribution in [2.45, 2.75) is 88.4 Å². The van der Waals surface area contributed by atoms with Crippen LogP contribution in [0.2, 0.25) is 0 Å². The molecule has 0 amide bonds. The van der Waals surface area contributed by atoms with Crippen LogP contribution in [0.4, 0.5) is 11.8 Å². The molecule has 2 saturated carbocycles. The number of piperidine rings is 1. The van der Waals surface area contributed by atoms with Crippen molar-refractivity contribution in [1.82, 2.24) is 19.8 Å². The number of ether oxygens (including phenoxy) is 1. The van der Waals surface area contributed by atoms with Crippen molar-refractivity contribution >= 4 is 11.8 Å². The van der Waals surface area contributed by atoms with Gasteiger partial charge in [-0.3, -0.25) is 4.90 Å². The first kappa shape index (κ1) is 24.8. The van der Waals surface area contributed by atoms with Crippen LogP contribution in [0.1, 0.15) is 92.1 Å². The summed E-state index contributed by atoms with van der Waals surface area (Å²) < 4.78 is 6.07. The van der Waals surface area contributed by atoms with Crippen LogP contribution in [0.25, 0.3) is 0 Å². The smallest absolute Gasteiger partial charge is 0.227 e. The van der Waals surface area contributed by atoms with Gasteiger partial charge in [0.15, 0.2) is 0 Å². The predicted octanol–water partition coefficient (Wildman–Crippen LogP) is 4.72. The molecule has 2 N–H and O–H groups in total. The molecule has 1 aromatic heterocycles. The number of likely N-dealkylation sites (tertiary alicyclic amines) is 1. The van der Waals surface area contributed by atoms with Crippen molar-refractivity contribution in [3.8, 4) is 0 Å². The highest BCUT2D eigenvalue weighted by Gasteiger charge is 2.41. The van der Waals surface area contributed by atoms with E-state index in [0.29, 0.717) is 23.9 Å². The van der Waals surface area contributed by atoms with Gasteiger partial charge in [0.25, 0.3) is 0 Å². The molecule has 0 radical (unpaired) electrons. The minimum absolute atomic E-state index is 0.136. The average Bonchev–Trinajstić information content (AvgIpc) is 3.74. The first-order chi connectivity index (χ1) is 18.6. The minimum Gasteiger partial charge on any atom is -0.383 e. The fraction of sp³-hybridized carbons (Fsp3) is 0.677. The van der Waals surface area contributed by atoms with E-state index in [-0.39, 0.29) is 6.04 Å². The number of morpholine rings is 1. The zero-order valence-electron chi connectivity index (χ0n) is 23.0. The second-order valence-corrected chi connectivity index (χ2v) is 12.6. The van der Waals surface area contributed by atoms with Gasteiger partial charge in [0.1, 0.15) is 5.82 Å². The van der Waals surface area contributed by atoms with E-state index < -0.39 is 0 Å². The number of nitrogen functional groups attached to an aromatic ring is 1. The molecule has 1 aromatic carbocycles. The normalized spacial score (nSPS) is 28.1. The summed E-state index contributed by atoms with van der Waals surface area (Å²) in [6.45, 7) is 5.62. The summed E-state index contributed by atoms with van der Waals surface area (Å²) in [4.78, 5) is 17.6. The first-order valence-corrected chi connectivity index (χ1v) is 15.2. The molecule has 2 aromatic rings. The second kappa shape index (κ2) is 10.4. The summed E-state index contributed by atoms with van der Waals surface area (Å²) in [5.41, 5.74) is 11.9. The summed E-state index contributed by atoms with van der Waals surface area (Å²) in [5.74, 6) is 2.90. The van der Waals surface area contributed by atoms with Crippen LogP contribution >= 0.6 is 0 Å². The number of nitrogens with zero attached hydrogens (tertiary/aromatic N) is 5. The van der Waals surface area contributed by atoms with Crippen LogP contribution in [0.5, 0.6) is 0 Å². The van der Waals surface area contributed by atoms with Gasteiger partial charge in [-0.15, -0.1) is 0 Å². The molecule has 3 aliphatic heterocycles. The lowest BCUT2D eigenvalue weighted by molar-refractivity contribution is 0.0258. The van der Waals surface area contributed by atoms with Crippen LogP contribution in [-0.4, -0.2) is 71.7 Å². The lowest BCUT2D eigenvalue weighted by Gasteiger charge is -2.38. The molecule has 38 heavy (non-hydrogen) atoms. The molecule has 2 unspecified atom stereocenters. The molecule has 7 nitrogen and oxygen atoms in total. The zero-order chi connectivity index (χ0) is 25.6. The average molecular weight is 517 g/mol. The number of hydrogen-bond acceptors (Lipinski definition) is 7. The van der Waals surface area contributed by atoms with Crippen LogP contribution in [0, 0.1) is 5.92 Å². The number of aromatic nitrogens is 2. The number of hydrogen-bond donors (Lipinski definition) is 1. The maximum atomic E-state index is 6.83. The van der Waals surface area contributed by atoms with Gasteiger partial charge >= 0.3 is 0 Å². The lowest BCUT2D eigenvalue weighted by atomic mass is 9.83. The van der Waals surface area contributed by atoms with E-state index in [4.69, 9.17) is 20.4 Å². The molecule has 5 aliphatic rings. The number of nitrogens with two attached hydrogens (primary N) is 1. The number of anilines is 2. The van der Waals surface area contributed by atoms with E-state index >= 15 is 0 Å². The van der Waals surface area contributed by atoms with Gasteiger partial charge in [-0.05, 0) is 81.6 Å². The molecule has 7 heteroatoms. The van der Waals surface area contributed by atoms with Gasteiger partial charge in [0.05, 0.1) is 24.4 Å². The molecule has 7 rings (SSSR count). The summed E-state index contributed by atoms with van der Waals surface area (Å²) in [6, 6.07) is 10.2. The lowest BCUT2D eigenvalue weighted by Crippen LogP contribution is -2.44. The Morgan fingerprint density at radius 3 is 2.34 bits per heavy atom. The third-order valence-corrected chi connectivity index (χ3v) is 9.99. The quantitative estimate of drug-likeness (QED) is 0.617. The monoisotopic (exact) mass is 516 g/mol. The maximum Gasteiger partial charge on any atom is 0.227 e. The second-order valence-electron chi connectivity index (χ2n) is 12.6. The molecule has 0 bridgehead atoms. The molecule has 4 fully saturated rings. The van der Waals surface area contributed by atoms with Crippen LogP contribution < -0.4 is 10.6 Å². The third kappa shape index (κ3) is 4.82.